The molecule has 0 atom stereocenters. The van der Waals surface area contributed by atoms with Gasteiger partial charge in [-0.15, -0.1) is 11.3 Å². The molecule has 0 aliphatic carbocycles. The minimum Gasteiger partial charge on any atom is -0.495 e. The Kier molecular flexibility index (Phi) is 3.13. The third kappa shape index (κ3) is 1.80. The van der Waals surface area contributed by atoms with Gasteiger partial charge in [-0.1, -0.05) is 25.4 Å². The second kappa shape index (κ2) is 4.27. The van der Waals surface area contributed by atoms with Crippen molar-refractivity contribution >= 4 is 33.0 Å². The zero-order chi connectivity index (χ0) is 11.9. The van der Waals surface area contributed by atoms with Crippen molar-refractivity contribution < 1.29 is 4.74 Å². The van der Waals surface area contributed by atoms with Crippen LogP contribution in [0.1, 0.15) is 30.2 Å². The Labute approximate surface area is 105 Å². The first-order valence-electron chi connectivity index (χ1n) is 5.31. The molecule has 86 valence electrons. The van der Waals surface area contributed by atoms with Crippen LogP contribution in [0.15, 0.2) is 12.1 Å². The summed E-state index contributed by atoms with van der Waals surface area (Å²) in [6.07, 6.45) is 0. The van der Waals surface area contributed by atoms with E-state index in [0.717, 1.165) is 10.8 Å². The number of methoxy groups -OCH3 is 1. The summed E-state index contributed by atoms with van der Waals surface area (Å²) in [5.74, 6) is 1.42. The highest BCUT2D eigenvalue weighted by Crippen LogP contribution is 2.41. The van der Waals surface area contributed by atoms with Crippen LogP contribution in [0.5, 0.6) is 5.75 Å². The molecule has 2 rings (SSSR count). The molecule has 1 aromatic heterocycles. The Morgan fingerprint density at radius 1 is 1.31 bits per heavy atom. The molecule has 0 spiro atoms. The molecule has 1 heterocycles. The second-order valence-electron chi connectivity index (χ2n) is 4.23. The van der Waals surface area contributed by atoms with Crippen LogP contribution in [-0.2, 0) is 0 Å². The first-order valence-corrected chi connectivity index (χ1v) is 6.50. The van der Waals surface area contributed by atoms with Gasteiger partial charge < -0.3 is 4.74 Å². The van der Waals surface area contributed by atoms with E-state index in [9.17, 15) is 0 Å². The average molecular weight is 255 g/mol. The minimum atomic E-state index is 0.542. The predicted molar refractivity (Wildman–Crippen MR) is 72.2 cm³/mol. The van der Waals surface area contributed by atoms with Gasteiger partial charge >= 0.3 is 0 Å². The zero-order valence-electron chi connectivity index (χ0n) is 9.93. The zero-order valence-corrected chi connectivity index (χ0v) is 11.5. The molecule has 3 heteroatoms. The maximum Gasteiger partial charge on any atom is 0.138 e. The van der Waals surface area contributed by atoms with Crippen molar-refractivity contribution in [2.75, 3.05) is 7.11 Å². The molecule has 0 fully saturated rings. The molecule has 1 nitrogen and oxygen atoms in total. The molecule has 16 heavy (non-hydrogen) atoms. The fourth-order valence-corrected chi connectivity index (χ4v) is 3.47. The van der Waals surface area contributed by atoms with Crippen molar-refractivity contribution in [2.45, 2.75) is 26.7 Å². The summed E-state index contributed by atoms with van der Waals surface area (Å²) in [6, 6.07) is 3.90. The molecule has 0 N–H and O–H groups in total. The standard InChI is InChI=1S/C13H15ClOS/c1-7(2)12-8(3)10-5-9(14)6-11(15-4)13(10)16-12/h5-7H,1-4H3. The molecular formula is C13H15ClOS. The Balaban J connectivity index is 2.80. The number of ether oxygens (including phenoxy) is 1. The van der Waals surface area contributed by atoms with Crippen LogP contribution in [0.2, 0.25) is 5.02 Å². The lowest BCUT2D eigenvalue weighted by Crippen LogP contribution is -1.84. The van der Waals surface area contributed by atoms with Gasteiger partial charge in [0.05, 0.1) is 11.8 Å². The van der Waals surface area contributed by atoms with Gasteiger partial charge in [0.1, 0.15) is 5.75 Å². The second-order valence-corrected chi connectivity index (χ2v) is 5.72. The van der Waals surface area contributed by atoms with Gasteiger partial charge in [0.25, 0.3) is 0 Å². The third-order valence-electron chi connectivity index (χ3n) is 2.75. The van der Waals surface area contributed by atoms with Crippen LogP contribution < -0.4 is 4.74 Å². The van der Waals surface area contributed by atoms with Crippen molar-refractivity contribution in [1.82, 2.24) is 0 Å². The van der Waals surface area contributed by atoms with Crippen LogP contribution in [0.3, 0.4) is 0 Å². The van der Waals surface area contributed by atoms with E-state index >= 15 is 0 Å². The number of rotatable bonds is 2. The Hall–Kier alpha value is -0.730. The molecule has 0 aliphatic rings. The summed E-state index contributed by atoms with van der Waals surface area (Å²) < 4.78 is 6.58. The highest BCUT2D eigenvalue weighted by atomic mass is 35.5. The normalized spacial score (nSPS) is 11.4. The smallest absolute Gasteiger partial charge is 0.138 e. The predicted octanol–water partition coefficient (Wildman–Crippen LogP) is 5.00. The van der Waals surface area contributed by atoms with Crippen molar-refractivity contribution in [3.63, 3.8) is 0 Å². The number of benzene rings is 1. The van der Waals surface area contributed by atoms with Crippen molar-refractivity contribution in [2.24, 2.45) is 0 Å². The molecule has 0 bridgehead atoms. The van der Waals surface area contributed by atoms with Crippen LogP contribution in [0.4, 0.5) is 0 Å². The van der Waals surface area contributed by atoms with Gasteiger partial charge in [0.2, 0.25) is 0 Å². The van der Waals surface area contributed by atoms with Crippen LogP contribution in [0, 0.1) is 6.92 Å². The number of thiophene rings is 1. The SMILES string of the molecule is COc1cc(Cl)cc2c(C)c(C(C)C)sc12. The highest BCUT2D eigenvalue weighted by molar-refractivity contribution is 7.19. The van der Waals surface area contributed by atoms with E-state index < -0.39 is 0 Å². The van der Waals surface area contributed by atoms with Gasteiger partial charge in [-0.25, -0.2) is 0 Å². The van der Waals surface area contributed by atoms with E-state index in [1.165, 1.54) is 20.5 Å². The molecular weight excluding hydrogens is 240 g/mol. The number of hydrogen-bond donors (Lipinski definition) is 0. The van der Waals surface area contributed by atoms with E-state index in [4.69, 9.17) is 16.3 Å². The minimum absolute atomic E-state index is 0.542. The number of aryl methyl sites for hydroxylation is 1. The molecule has 0 amide bonds. The first kappa shape index (κ1) is 11.7. The van der Waals surface area contributed by atoms with Crippen LogP contribution in [-0.4, -0.2) is 7.11 Å². The van der Waals surface area contributed by atoms with Gasteiger partial charge in [-0.3, -0.25) is 0 Å². The van der Waals surface area contributed by atoms with E-state index in [0.29, 0.717) is 5.92 Å². The number of hydrogen-bond acceptors (Lipinski definition) is 2. The molecule has 0 radical (unpaired) electrons. The Morgan fingerprint density at radius 3 is 2.56 bits per heavy atom. The summed E-state index contributed by atoms with van der Waals surface area (Å²) in [5, 5.41) is 1.96. The summed E-state index contributed by atoms with van der Waals surface area (Å²) in [4.78, 5) is 1.41. The topological polar surface area (TPSA) is 9.23 Å². The average Bonchev–Trinajstić information content (AvgIpc) is 2.55. The molecule has 0 unspecified atom stereocenters. The maximum absolute atomic E-state index is 6.09. The van der Waals surface area contributed by atoms with E-state index in [2.05, 4.69) is 20.8 Å². The van der Waals surface area contributed by atoms with Gasteiger partial charge in [-0.05, 0) is 24.5 Å². The lowest BCUT2D eigenvalue weighted by molar-refractivity contribution is 0.420. The molecule has 0 saturated heterocycles. The summed E-state index contributed by atoms with van der Waals surface area (Å²) >= 11 is 7.90. The molecule has 0 saturated carbocycles. The third-order valence-corrected chi connectivity index (χ3v) is 4.59. The summed E-state index contributed by atoms with van der Waals surface area (Å²) in [7, 11) is 1.69. The highest BCUT2D eigenvalue weighted by Gasteiger charge is 2.15. The summed E-state index contributed by atoms with van der Waals surface area (Å²) in [6.45, 7) is 6.58. The molecule has 1 aromatic carbocycles. The van der Waals surface area contributed by atoms with Crippen LogP contribution in [0.25, 0.3) is 10.1 Å². The van der Waals surface area contributed by atoms with E-state index in [1.54, 1.807) is 7.11 Å². The van der Waals surface area contributed by atoms with Crippen LogP contribution >= 0.6 is 22.9 Å². The fourth-order valence-electron chi connectivity index (χ4n) is 1.97. The maximum atomic E-state index is 6.09. The van der Waals surface area contributed by atoms with Gasteiger partial charge in [0, 0.05) is 21.4 Å². The summed E-state index contributed by atoms with van der Waals surface area (Å²) in [5.41, 5.74) is 1.33. The van der Waals surface area contributed by atoms with Crippen molar-refractivity contribution in [3.05, 3.63) is 27.6 Å². The number of halogens is 1. The molecule has 2 aromatic rings. The van der Waals surface area contributed by atoms with Crippen molar-refractivity contribution in [3.8, 4) is 5.75 Å². The molecule has 0 aliphatic heterocycles. The number of fused-ring (bicyclic) bond motifs is 1. The van der Waals surface area contributed by atoms with Crippen molar-refractivity contribution in [1.29, 1.82) is 0 Å². The Morgan fingerprint density at radius 2 is 2.00 bits per heavy atom. The monoisotopic (exact) mass is 254 g/mol. The largest absolute Gasteiger partial charge is 0.495 e. The van der Waals surface area contributed by atoms with Gasteiger partial charge in [-0.2, -0.15) is 0 Å². The van der Waals surface area contributed by atoms with E-state index in [1.807, 2.05) is 23.5 Å². The van der Waals surface area contributed by atoms with E-state index in [-0.39, 0.29) is 0 Å². The first-order chi connectivity index (χ1) is 7.54. The lowest BCUT2D eigenvalue weighted by Gasteiger charge is -2.02. The quantitative estimate of drug-likeness (QED) is 0.733. The van der Waals surface area contributed by atoms with Gasteiger partial charge in [0.15, 0.2) is 0 Å². The Bertz CT molecular complexity index is 528. The fraction of sp³-hybridized carbons (Fsp3) is 0.385. The lowest BCUT2D eigenvalue weighted by atomic mass is 10.1.